The number of nitrogens with zero attached hydrogens (tertiary/aromatic N) is 3. The van der Waals surface area contributed by atoms with E-state index in [1.54, 1.807) is 0 Å². The van der Waals surface area contributed by atoms with Crippen molar-refractivity contribution in [1.29, 1.82) is 0 Å². The van der Waals surface area contributed by atoms with E-state index in [4.69, 9.17) is 9.47 Å². The molecule has 2 aliphatic heterocycles. The number of esters is 1. The first kappa shape index (κ1) is 20.1. The number of amides is 1. The minimum absolute atomic E-state index is 0.00824. The van der Waals surface area contributed by atoms with Crippen molar-refractivity contribution >= 4 is 11.9 Å². The van der Waals surface area contributed by atoms with Crippen LogP contribution >= 0.6 is 0 Å². The molecule has 7 heteroatoms. The van der Waals surface area contributed by atoms with Gasteiger partial charge < -0.3 is 24.2 Å². The molecule has 0 spiro atoms. The van der Waals surface area contributed by atoms with Crippen LogP contribution in [0.3, 0.4) is 0 Å². The Kier molecular flexibility index (Phi) is 7.22. The number of likely N-dealkylation sites (N-methyl/N-ethyl adjacent to an activating group) is 1. The molecule has 2 aliphatic rings. The quantitative estimate of drug-likeness (QED) is 0.612. The largest absolute Gasteiger partial charge is 0.466 e. The molecule has 2 heterocycles. The fourth-order valence-electron chi connectivity index (χ4n) is 4.10. The SMILES string of the molecule is CCOC(=O)[C@@]12CCCN(C(=O)COC)C[C@@H]1CN(CCN(C)C)C2. The molecule has 25 heavy (non-hydrogen) atoms. The number of rotatable bonds is 7. The summed E-state index contributed by atoms with van der Waals surface area (Å²) >= 11 is 0. The lowest BCUT2D eigenvalue weighted by Gasteiger charge is -2.31. The summed E-state index contributed by atoms with van der Waals surface area (Å²) in [6.07, 6.45) is 1.61. The first-order valence-electron chi connectivity index (χ1n) is 9.24. The molecule has 7 nitrogen and oxygen atoms in total. The highest BCUT2D eigenvalue weighted by Gasteiger charge is 2.54. The van der Waals surface area contributed by atoms with Gasteiger partial charge in [0.1, 0.15) is 6.61 Å². The summed E-state index contributed by atoms with van der Waals surface area (Å²) in [4.78, 5) is 31.5. The van der Waals surface area contributed by atoms with E-state index in [9.17, 15) is 9.59 Å². The average Bonchev–Trinajstić information content (AvgIpc) is 2.81. The van der Waals surface area contributed by atoms with Crippen molar-refractivity contribution in [3.05, 3.63) is 0 Å². The summed E-state index contributed by atoms with van der Waals surface area (Å²) in [7, 11) is 5.65. The molecule has 144 valence electrons. The highest BCUT2D eigenvalue weighted by molar-refractivity contribution is 5.80. The number of hydrogen-bond donors (Lipinski definition) is 0. The zero-order valence-electron chi connectivity index (χ0n) is 16.1. The van der Waals surface area contributed by atoms with Gasteiger partial charge in [-0.2, -0.15) is 0 Å². The normalized spacial score (nSPS) is 27.2. The lowest BCUT2D eigenvalue weighted by molar-refractivity contribution is -0.158. The molecule has 0 aromatic heterocycles. The molecule has 2 fully saturated rings. The highest BCUT2D eigenvalue weighted by atomic mass is 16.5. The Morgan fingerprint density at radius 3 is 2.68 bits per heavy atom. The molecule has 1 amide bonds. The lowest BCUT2D eigenvalue weighted by atomic mass is 9.75. The summed E-state index contributed by atoms with van der Waals surface area (Å²) < 4.78 is 10.5. The van der Waals surface area contributed by atoms with Crippen LogP contribution in [-0.4, -0.2) is 100 Å². The predicted molar refractivity (Wildman–Crippen MR) is 95.2 cm³/mol. The standard InChI is InChI=1S/C18H33N3O4/c1-5-25-17(23)18-7-6-8-21(16(22)13-24-4)12-15(18)11-20(14-18)10-9-19(2)3/h15H,5-14H2,1-4H3/t15-,18+/m0/s1. The van der Waals surface area contributed by atoms with Gasteiger partial charge in [-0.15, -0.1) is 0 Å². The van der Waals surface area contributed by atoms with Crippen molar-refractivity contribution < 1.29 is 19.1 Å². The molecule has 0 aromatic carbocycles. The zero-order chi connectivity index (χ0) is 18.4. The van der Waals surface area contributed by atoms with Gasteiger partial charge in [-0.25, -0.2) is 0 Å². The van der Waals surface area contributed by atoms with Crippen molar-refractivity contribution in [3.63, 3.8) is 0 Å². The van der Waals surface area contributed by atoms with Crippen LogP contribution in [0.25, 0.3) is 0 Å². The lowest BCUT2D eigenvalue weighted by Crippen LogP contribution is -2.44. The number of fused-ring (bicyclic) bond motifs is 1. The predicted octanol–water partition coefficient (Wildman–Crippen LogP) is 0.298. The highest BCUT2D eigenvalue weighted by Crippen LogP contribution is 2.43. The second kappa shape index (κ2) is 8.96. The van der Waals surface area contributed by atoms with E-state index in [1.165, 1.54) is 7.11 Å². The second-order valence-electron chi connectivity index (χ2n) is 7.49. The van der Waals surface area contributed by atoms with Crippen LogP contribution in [0.5, 0.6) is 0 Å². The van der Waals surface area contributed by atoms with Gasteiger partial charge >= 0.3 is 5.97 Å². The number of hydrogen-bond acceptors (Lipinski definition) is 6. The fraction of sp³-hybridized carbons (Fsp3) is 0.889. The summed E-state index contributed by atoms with van der Waals surface area (Å²) in [6.45, 7) is 7.11. The molecule has 2 atom stereocenters. The van der Waals surface area contributed by atoms with Crippen LogP contribution in [0.1, 0.15) is 19.8 Å². The smallest absolute Gasteiger partial charge is 0.313 e. The number of methoxy groups -OCH3 is 1. The molecule has 0 radical (unpaired) electrons. The maximum Gasteiger partial charge on any atom is 0.313 e. The van der Waals surface area contributed by atoms with E-state index < -0.39 is 5.41 Å². The molecule has 2 saturated heterocycles. The summed E-state index contributed by atoms with van der Waals surface area (Å²) in [5.74, 6) is 0.0410. The topological polar surface area (TPSA) is 62.3 Å². The second-order valence-corrected chi connectivity index (χ2v) is 7.49. The average molecular weight is 355 g/mol. The Balaban J connectivity index is 2.16. The van der Waals surface area contributed by atoms with Gasteiger partial charge in [-0.3, -0.25) is 9.59 Å². The third-order valence-electron chi connectivity index (χ3n) is 5.42. The molecular weight excluding hydrogens is 322 g/mol. The Labute approximate surface area is 151 Å². The van der Waals surface area contributed by atoms with Crippen molar-refractivity contribution in [2.75, 3.05) is 73.7 Å². The van der Waals surface area contributed by atoms with E-state index >= 15 is 0 Å². The maximum absolute atomic E-state index is 12.9. The number of carbonyl (C=O) groups is 2. The van der Waals surface area contributed by atoms with Gasteiger partial charge in [0.15, 0.2) is 0 Å². The van der Waals surface area contributed by atoms with Crippen molar-refractivity contribution in [2.24, 2.45) is 11.3 Å². The Hall–Kier alpha value is -1.18. The van der Waals surface area contributed by atoms with Crippen molar-refractivity contribution in [2.45, 2.75) is 19.8 Å². The van der Waals surface area contributed by atoms with Gasteiger partial charge in [0.25, 0.3) is 0 Å². The van der Waals surface area contributed by atoms with Gasteiger partial charge in [0, 0.05) is 52.3 Å². The van der Waals surface area contributed by atoms with Crippen molar-refractivity contribution in [3.8, 4) is 0 Å². The van der Waals surface area contributed by atoms with Gasteiger partial charge in [-0.1, -0.05) is 0 Å². The molecule has 0 aromatic rings. The number of ether oxygens (including phenoxy) is 2. The molecule has 0 saturated carbocycles. The molecule has 0 unspecified atom stereocenters. The summed E-state index contributed by atoms with van der Waals surface area (Å²) in [5.41, 5.74) is -0.482. The van der Waals surface area contributed by atoms with E-state index in [-0.39, 0.29) is 24.4 Å². The molecule has 0 aliphatic carbocycles. The Morgan fingerprint density at radius 2 is 2.04 bits per heavy atom. The van der Waals surface area contributed by atoms with E-state index in [0.29, 0.717) is 19.7 Å². The zero-order valence-corrected chi connectivity index (χ0v) is 16.1. The fourth-order valence-corrected chi connectivity index (χ4v) is 4.10. The molecule has 2 rings (SSSR count). The van der Waals surface area contributed by atoms with Crippen LogP contribution in [0.2, 0.25) is 0 Å². The Morgan fingerprint density at radius 1 is 1.28 bits per heavy atom. The molecule has 0 bridgehead atoms. The molecule has 0 N–H and O–H groups in total. The van der Waals surface area contributed by atoms with Crippen LogP contribution in [0.15, 0.2) is 0 Å². The van der Waals surface area contributed by atoms with E-state index in [1.807, 2.05) is 11.8 Å². The van der Waals surface area contributed by atoms with Gasteiger partial charge in [-0.05, 0) is 33.9 Å². The van der Waals surface area contributed by atoms with Crippen LogP contribution in [0.4, 0.5) is 0 Å². The summed E-state index contributed by atoms with van der Waals surface area (Å²) in [5, 5.41) is 0. The maximum atomic E-state index is 12.9. The minimum atomic E-state index is -0.482. The van der Waals surface area contributed by atoms with Gasteiger partial charge in [0.2, 0.25) is 5.91 Å². The number of likely N-dealkylation sites (tertiary alicyclic amines) is 2. The Bertz CT molecular complexity index is 471. The third kappa shape index (κ3) is 4.71. The van der Waals surface area contributed by atoms with Gasteiger partial charge in [0.05, 0.1) is 12.0 Å². The van der Waals surface area contributed by atoms with E-state index in [0.717, 1.165) is 39.0 Å². The van der Waals surface area contributed by atoms with E-state index in [2.05, 4.69) is 23.9 Å². The van der Waals surface area contributed by atoms with Crippen LogP contribution in [0, 0.1) is 11.3 Å². The monoisotopic (exact) mass is 355 g/mol. The third-order valence-corrected chi connectivity index (χ3v) is 5.42. The van der Waals surface area contributed by atoms with Crippen LogP contribution in [-0.2, 0) is 19.1 Å². The first-order valence-corrected chi connectivity index (χ1v) is 9.24. The molecular formula is C18H33N3O4. The number of carbonyl (C=O) groups excluding carboxylic acids is 2. The first-order chi connectivity index (χ1) is 11.9. The summed E-state index contributed by atoms with van der Waals surface area (Å²) in [6, 6.07) is 0. The van der Waals surface area contributed by atoms with Crippen molar-refractivity contribution in [1.82, 2.24) is 14.7 Å². The van der Waals surface area contributed by atoms with Crippen LogP contribution < -0.4 is 0 Å². The minimum Gasteiger partial charge on any atom is -0.466 e.